The van der Waals surface area contributed by atoms with Crippen LogP contribution in [0, 0.1) is 0 Å². The Labute approximate surface area is 125 Å². The Kier molecular flexibility index (Phi) is 6.01. The highest BCUT2D eigenvalue weighted by Crippen LogP contribution is 2.23. The highest BCUT2D eigenvalue weighted by atomic mass is 32.1. The summed E-state index contributed by atoms with van der Waals surface area (Å²) in [5, 5.41) is 13.3. The average Bonchev–Trinajstić information content (AvgIpc) is 3.11. The van der Waals surface area contributed by atoms with Crippen molar-refractivity contribution < 1.29 is 9.90 Å². The Bertz CT molecular complexity index is 402. The molecule has 0 bridgehead atoms. The smallest absolute Gasteiger partial charge is 0.236 e. The van der Waals surface area contributed by atoms with Gasteiger partial charge in [0.15, 0.2) is 0 Å². The number of hydrogen-bond donors (Lipinski definition) is 1. The maximum atomic E-state index is 12.3. The molecule has 1 aromatic heterocycles. The second-order valence-corrected chi connectivity index (χ2v) is 6.29. The van der Waals surface area contributed by atoms with Gasteiger partial charge in [0.25, 0.3) is 0 Å². The number of aliphatic hydroxyl groups is 1. The van der Waals surface area contributed by atoms with Crippen molar-refractivity contribution in [2.75, 3.05) is 26.7 Å². The van der Waals surface area contributed by atoms with E-state index in [1.54, 1.807) is 16.2 Å². The lowest BCUT2D eigenvalue weighted by Crippen LogP contribution is -2.43. The van der Waals surface area contributed by atoms with E-state index in [4.69, 9.17) is 0 Å². The lowest BCUT2D eigenvalue weighted by Gasteiger charge is -2.29. The molecule has 0 spiro atoms. The molecule has 1 aliphatic carbocycles. The Morgan fingerprint density at radius 3 is 2.80 bits per heavy atom. The minimum atomic E-state index is 0.123. The second-order valence-electron chi connectivity index (χ2n) is 5.51. The fourth-order valence-electron chi connectivity index (χ4n) is 2.83. The van der Waals surface area contributed by atoms with Crippen molar-refractivity contribution in [1.29, 1.82) is 0 Å². The molecule has 1 aliphatic rings. The van der Waals surface area contributed by atoms with Crippen molar-refractivity contribution in [3.63, 3.8) is 0 Å². The summed E-state index contributed by atoms with van der Waals surface area (Å²) in [6.07, 6.45) is 4.79. The van der Waals surface area contributed by atoms with Gasteiger partial charge in [0.05, 0.1) is 13.2 Å². The van der Waals surface area contributed by atoms with Crippen LogP contribution in [-0.2, 0) is 11.3 Å². The summed E-state index contributed by atoms with van der Waals surface area (Å²) in [6, 6.07) is 2.53. The summed E-state index contributed by atoms with van der Waals surface area (Å²) in [7, 11) is 1.85. The van der Waals surface area contributed by atoms with Gasteiger partial charge in [0.2, 0.25) is 5.91 Å². The van der Waals surface area contributed by atoms with Gasteiger partial charge >= 0.3 is 0 Å². The largest absolute Gasteiger partial charge is 0.395 e. The van der Waals surface area contributed by atoms with Gasteiger partial charge in [0.1, 0.15) is 0 Å². The number of amides is 1. The highest BCUT2D eigenvalue weighted by Gasteiger charge is 2.24. The van der Waals surface area contributed by atoms with E-state index in [1.807, 2.05) is 12.4 Å². The molecule has 1 fully saturated rings. The van der Waals surface area contributed by atoms with Gasteiger partial charge in [-0.05, 0) is 35.2 Å². The molecule has 0 unspecified atom stereocenters. The molecule has 0 atom stereocenters. The van der Waals surface area contributed by atoms with Crippen LogP contribution in [0.1, 0.15) is 31.2 Å². The summed E-state index contributed by atoms with van der Waals surface area (Å²) >= 11 is 1.65. The Morgan fingerprint density at radius 1 is 1.45 bits per heavy atom. The number of thiophene rings is 1. The van der Waals surface area contributed by atoms with Crippen LogP contribution in [-0.4, -0.2) is 53.6 Å². The molecule has 1 heterocycles. The van der Waals surface area contributed by atoms with Crippen LogP contribution < -0.4 is 0 Å². The van der Waals surface area contributed by atoms with Crippen LogP contribution in [0.4, 0.5) is 0 Å². The number of carbonyl (C=O) groups is 1. The Morgan fingerprint density at radius 2 is 2.20 bits per heavy atom. The van der Waals surface area contributed by atoms with E-state index in [0.29, 0.717) is 25.7 Å². The molecule has 1 saturated carbocycles. The second kappa shape index (κ2) is 7.76. The topological polar surface area (TPSA) is 43.8 Å². The molecule has 1 N–H and O–H groups in total. The normalized spacial score (nSPS) is 15.9. The fraction of sp³-hybridized carbons (Fsp3) is 0.667. The summed E-state index contributed by atoms with van der Waals surface area (Å²) in [5.74, 6) is 0.136. The molecule has 1 amide bonds. The van der Waals surface area contributed by atoms with Gasteiger partial charge in [-0.3, -0.25) is 9.69 Å². The first-order valence-corrected chi connectivity index (χ1v) is 8.25. The predicted molar refractivity (Wildman–Crippen MR) is 81.7 cm³/mol. The summed E-state index contributed by atoms with van der Waals surface area (Å²) in [4.78, 5) is 16.2. The molecule has 4 nitrogen and oxygen atoms in total. The number of likely N-dealkylation sites (N-methyl/N-ethyl adjacent to an activating group) is 1. The van der Waals surface area contributed by atoms with E-state index in [-0.39, 0.29) is 12.5 Å². The molecule has 20 heavy (non-hydrogen) atoms. The molecule has 0 aromatic carbocycles. The first-order valence-electron chi connectivity index (χ1n) is 7.30. The standard InChI is InChI=1S/C15H24N2O2S/c1-16(10-13-6-9-20-12-13)15(19)11-17(7-8-18)14-4-2-3-5-14/h6,9,12,14,18H,2-5,7-8,10-11H2,1H3. The number of aliphatic hydroxyl groups excluding tert-OH is 1. The monoisotopic (exact) mass is 296 g/mol. The molecular formula is C15H24N2O2S. The number of nitrogens with zero attached hydrogens (tertiary/aromatic N) is 2. The van der Waals surface area contributed by atoms with Gasteiger partial charge in [0, 0.05) is 26.2 Å². The third-order valence-corrected chi connectivity index (χ3v) is 4.72. The zero-order chi connectivity index (χ0) is 14.4. The van der Waals surface area contributed by atoms with Crippen molar-refractivity contribution in [3.8, 4) is 0 Å². The fourth-order valence-corrected chi connectivity index (χ4v) is 3.49. The van der Waals surface area contributed by atoms with Gasteiger partial charge in [-0.15, -0.1) is 0 Å². The maximum absolute atomic E-state index is 12.3. The van der Waals surface area contributed by atoms with Crippen molar-refractivity contribution in [3.05, 3.63) is 22.4 Å². The summed E-state index contributed by atoms with van der Waals surface area (Å²) in [5.41, 5.74) is 1.18. The molecular weight excluding hydrogens is 272 g/mol. The number of hydrogen-bond acceptors (Lipinski definition) is 4. The first-order chi connectivity index (χ1) is 9.70. The van der Waals surface area contributed by atoms with Crippen LogP contribution in [0.3, 0.4) is 0 Å². The van der Waals surface area contributed by atoms with E-state index in [9.17, 15) is 9.90 Å². The SMILES string of the molecule is CN(Cc1ccsc1)C(=O)CN(CCO)C1CCCC1. The quantitative estimate of drug-likeness (QED) is 0.836. The van der Waals surface area contributed by atoms with E-state index < -0.39 is 0 Å². The number of carbonyl (C=O) groups excluding carboxylic acids is 1. The van der Waals surface area contributed by atoms with Crippen LogP contribution in [0.5, 0.6) is 0 Å². The van der Waals surface area contributed by atoms with Gasteiger partial charge in [-0.1, -0.05) is 12.8 Å². The van der Waals surface area contributed by atoms with E-state index >= 15 is 0 Å². The van der Waals surface area contributed by atoms with E-state index in [1.165, 1.54) is 18.4 Å². The lowest BCUT2D eigenvalue weighted by atomic mass is 10.2. The van der Waals surface area contributed by atoms with Crippen LogP contribution >= 0.6 is 11.3 Å². The maximum Gasteiger partial charge on any atom is 0.236 e. The van der Waals surface area contributed by atoms with Crippen molar-refractivity contribution in [1.82, 2.24) is 9.80 Å². The minimum absolute atomic E-state index is 0.123. The first kappa shape index (κ1) is 15.5. The zero-order valence-electron chi connectivity index (χ0n) is 12.1. The average molecular weight is 296 g/mol. The van der Waals surface area contributed by atoms with Crippen LogP contribution in [0.15, 0.2) is 16.8 Å². The summed E-state index contributed by atoms with van der Waals surface area (Å²) < 4.78 is 0. The Balaban J connectivity index is 1.86. The van der Waals surface area contributed by atoms with Crippen LogP contribution in [0.2, 0.25) is 0 Å². The third kappa shape index (κ3) is 4.30. The zero-order valence-corrected chi connectivity index (χ0v) is 12.9. The molecule has 2 rings (SSSR count). The highest BCUT2D eigenvalue weighted by molar-refractivity contribution is 7.07. The lowest BCUT2D eigenvalue weighted by molar-refractivity contribution is -0.132. The molecule has 0 radical (unpaired) electrons. The van der Waals surface area contributed by atoms with E-state index in [0.717, 1.165) is 12.8 Å². The van der Waals surface area contributed by atoms with E-state index in [2.05, 4.69) is 16.3 Å². The van der Waals surface area contributed by atoms with Gasteiger partial charge in [-0.2, -0.15) is 11.3 Å². The Hall–Kier alpha value is -0.910. The van der Waals surface area contributed by atoms with Gasteiger partial charge < -0.3 is 10.0 Å². The van der Waals surface area contributed by atoms with Crippen molar-refractivity contribution in [2.24, 2.45) is 0 Å². The number of rotatable bonds is 7. The third-order valence-electron chi connectivity index (χ3n) is 3.99. The predicted octanol–water partition coefficient (Wildman–Crippen LogP) is 1.94. The molecule has 1 aromatic rings. The molecule has 112 valence electrons. The summed E-state index contributed by atoms with van der Waals surface area (Å²) in [6.45, 7) is 1.81. The van der Waals surface area contributed by atoms with Crippen LogP contribution in [0.25, 0.3) is 0 Å². The molecule has 5 heteroatoms. The van der Waals surface area contributed by atoms with Crippen molar-refractivity contribution in [2.45, 2.75) is 38.3 Å². The molecule has 0 saturated heterocycles. The minimum Gasteiger partial charge on any atom is -0.395 e. The van der Waals surface area contributed by atoms with Gasteiger partial charge in [-0.25, -0.2) is 0 Å². The van der Waals surface area contributed by atoms with Crippen molar-refractivity contribution >= 4 is 17.2 Å². The molecule has 0 aliphatic heterocycles.